The van der Waals surface area contributed by atoms with E-state index < -0.39 is 0 Å². The number of hydrogen-bond acceptors (Lipinski definition) is 4. The van der Waals surface area contributed by atoms with Crippen molar-refractivity contribution in [3.63, 3.8) is 0 Å². The predicted molar refractivity (Wildman–Crippen MR) is 107 cm³/mol. The summed E-state index contributed by atoms with van der Waals surface area (Å²) >= 11 is 7.57. The van der Waals surface area contributed by atoms with Gasteiger partial charge in [-0.3, -0.25) is 4.79 Å². The molecule has 1 unspecified atom stereocenters. The minimum atomic E-state index is 0. The molecule has 2 N–H and O–H groups in total. The van der Waals surface area contributed by atoms with Gasteiger partial charge in [-0.15, -0.1) is 23.7 Å². The third-order valence-electron chi connectivity index (χ3n) is 4.34. The van der Waals surface area contributed by atoms with Gasteiger partial charge in [0, 0.05) is 21.9 Å². The average molecular weight is 400 g/mol. The van der Waals surface area contributed by atoms with Gasteiger partial charge >= 0.3 is 0 Å². The maximum Gasteiger partial charge on any atom is 0.220 e. The van der Waals surface area contributed by atoms with E-state index in [4.69, 9.17) is 11.6 Å². The molecule has 1 aliphatic rings. The minimum absolute atomic E-state index is 0. The lowest BCUT2D eigenvalue weighted by Crippen LogP contribution is -2.23. The van der Waals surface area contributed by atoms with Crippen molar-refractivity contribution in [2.45, 2.75) is 32.7 Å². The molecule has 0 saturated carbocycles. The van der Waals surface area contributed by atoms with Crippen LogP contribution in [0.3, 0.4) is 0 Å². The van der Waals surface area contributed by atoms with Crippen molar-refractivity contribution < 1.29 is 4.79 Å². The van der Waals surface area contributed by atoms with Crippen LogP contribution in [0.1, 0.15) is 29.1 Å². The van der Waals surface area contributed by atoms with E-state index in [0.717, 1.165) is 45.7 Å². The molecule has 7 heteroatoms. The van der Waals surface area contributed by atoms with Gasteiger partial charge in [-0.1, -0.05) is 23.7 Å². The van der Waals surface area contributed by atoms with Crippen LogP contribution < -0.4 is 10.6 Å². The Labute approximate surface area is 163 Å². The number of hydrogen-bond donors (Lipinski definition) is 2. The normalized spacial score (nSPS) is 16.5. The number of thiazole rings is 1. The molecule has 1 amide bonds. The molecule has 1 aliphatic heterocycles. The summed E-state index contributed by atoms with van der Waals surface area (Å²) in [5.41, 5.74) is 2.03. The van der Waals surface area contributed by atoms with E-state index >= 15 is 0 Å². The number of rotatable bonds is 6. The molecule has 136 valence electrons. The molecule has 1 aromatic carbocycles. The molecule has 0 bridgehead atoms. The largest absolute Gasteiger partial charge is 0.350 e. The standard InChI is InChI=1S/C18H22ClN3OS.ClH/c1-12-18(14-3-5-15(19)6-4-14)22-17(24-12)11-21-16(23)7-2-13-8-9-20-10-13;/h3-6,13,20H,2,7-11H2,1H3,(H,21,23);1H. The van der Waals surface area contributed by atoms with Crippen LogP contribution in [0.15, 0.2) is 24.3 Å². The third kappa shape index (κ3) is 5.68. The molecule has 1 saturated heterocycles. The first kappa shape index (κ1) is 20.2. The molecule has 3 rings (SSSR count). The zero-order chi connectivity index (χ0) is 16.9. The van der Waals surface area contributed by atoms with Crippen LogP contribution in [0.4, 0.5) is 0 Å². The molecular formula is C18H23Cl2N3OS. The second-order valence-electron chi connectivity index (χ2n) is 6.19. The van der Waals surface area contributed by atoms with E-state index in [9.17, 15) is 4.79 Å². The summed E-state index contributed by atoms with van der Waals surface area (Å²) in [4.78, 5) is 17.8. The summed E-state index contributed by atoms with van der Waals surface area (Å²) in [7, 11) is 0. The van der Waals surface area contributed by atoms with E-state index in [1.807, 2.05) is 24.3 Å². The number of aryl methyl sites for hydroxylation is 1. The first-order valence-electron chi connectivity index (χ1n) is 8.31. The van der Waals surface area contributed by atoms with Gasteiger partial charge in [0.1, 0.15) is 5.01 Å². The molecule has 4 nitrogen and oxygen atoms in total. The zero-order valence-corrected chi connectivity index (χ0v) is 16.6. The number of amides is 1. The molecule has 1 fully saturated rings. The van der Waals surface area contributed by atoms with Crippen molar-refractivity contribution in [2.75, 3.05) is 13.1 Å². The fraction of sp³-hybridized carbons (Fsp3) is 0.444. The lowest BCUT2D eigenvalue weighted by Gasteiger charge is -2.07. The van der Waals surface area contributed by atoms with Gasteiger partial charge in [0.25, 0.3) is 0 Å². The Morgan fingerprint density at radius 1 is 1.40 bits per heavy atom. The van der Waals surface area contributed by atoms with Crippen LogP contribution in [0.5, 0.6) is 0 Å². The van der Waals surface area contributed by atoms with E-state index in [0.29, 0.717) is 18.9 Å². The molecule has 0 radical (unpaired) electrons. The molecule has 2 aromatic rings. The minimum Gasteiger partial charge on any atom is -0.350 e. The lowest BCUT2D eigenvalue weighted by molar-refractivity contribution is -0.121. The Hall–Kier alpha value is -1.14. The van der Waals surface area contributed by atoms with Gasteiger partial charge in [0.2, 0.25) is 5.91 Å². The summed E-state index contributed by atoms with van der Waals surface area (Å²) in [6.07, 6.45) is 2.75. The monoisotopic (exact) mass is 399 g/mol. The second-order valence-corrected chi connectivity index (χ2v) is 7.92. The molecule has 1 aromatic heterocycles. The van der Waals surface area contributed by atoms with Crippen LogP contribution in [0.25, 0.3) is 11.3 Å². The van der Waals surface area contributed by atoms with Crippen molar-refractivity contribution in [2.24, 2.45) is 5.92 Å². The van der Waals surface area contributed by atoms with E-state index in [-0.39, 0.29) is 18.3 Å². The van der Waals surface area contributed by atoms with Gasteiger partial charge in [0.05, 0.1) is 12.2 Å². The second kappa shape index (κ2) is 9.53. The summed E-state index contributed by atoms with van der Waals surface area (Å²) in [5, 5.41) is 7.98. The first-order valence-corrected chi connectivity index (χ1v) is 9.51. The van der Waals surface area contributed by atoms with E-state index in [1.54, 1.807) is 11.3 Å². The Balaban J connectivity index is 0.00000225. The summed E-state index contributed by atoms with van der Waals surface area (Å²) in [5.74, 6) is 0.761. The molecule has 2 heterocycles. The molecule has 0 spiro atoms. The highest BCUT2D eigenvalue weighted by Gasteiger charge is 2.16. The van der Waals surface area contributed by atoms with Crippen molar-refractivity contribution in [1.82, 2.24) is 15.6 Å². The maximum atomic E-state index is 12.0. The Bertz CT molecular complexity index is 697. The quantitative estimate of drug-likeness (QED) is 0.764. The fourth-order valence-corrected chi connectivity index (χ4v) is 3.98. The Morgan fingerprint density at radius 3 is 2.84 bits per heavy atom. The number of benzene rings is 1. The van der Waals surface area contributed by atoms with Crippen LogP contribution in [-0.2, 0) is 11.3 Å². The Kier molecular flexibility index (Phi) is 7.69. The smallest absolute Gasteiger partial charge is 0.220 e. The third-order valence-corrected chi connectivity index (χ3v) is 5.56. The number of halogens is 2. The van der Waals surface area contributed by atoms with Crippen LogP contribution in [0, 0.1) is 12.8 Å². The van der Waals surface area contributed by atoms with E-state index in [2.05, 4.69) is 22.5 Å². The molecular weight excluding hydrogens is 377 g/mol. The van der Waals surface area contributed by atoms with Crippen molar-refractivity contribution in [3.05, 3.63) is 39.2 Å². The summed E-state index contributed by atoms with van der Waals surface area (Å²) in [6, 6.07) is 7.69. The molecule has 1 atom stereocenters. The van der Waals surface area contributed by atoms with Crippen LogP contribution in [0.2, 0.25) is 5.02 Å². The fourth-order valence-electron chi connectivity index (χ4n) is 2.96. The number of nitrogens with zero attached hydrogens (tertiary/aromatic N) is 1. The van der Waals surface area contributed by atoms with Gasteiger partial charge in [-0.05, 0) is 50.9 Å². The lowest BCUT2D eigenvalue weighted by atomic mass is 10.0. The van der Waals surface area contributed by atoms with Gasteiger partial charge in [0.15, 0.2) is 0 Å². The van der Waals surface area contributed by atoms with Crippen molar-refractivity contribution in [3.8, 4) is 11.3 Å². The number of aromatic nitrogens is 1. The van der Waals surface area contributed by atoms with Crippen LogP contribution in [-0.4, -0.2) is 24.0 Å². The predicted octanol–water partition coefficient (Wildman–Crippen LogP) is 4.20. The van der Waals surface area contributed by atoms with E-state index in [1.165, 1.54) is 6.42 Å². The highest BCUT2D eigenvalue weighted by Crippen LogP contribution is 2.28. The topological polar surface area (TPSA) is 54.0 Å². The van der Waals surface area contributed by atoms with Gasteiger partial charge in [-0.25, -0.2) is 4.98 Å². The SMILES string of the molecule is Cc1sc(CNC(=O)CCC2CCNC2)nc1-c1ccc(Cl)cc1.Cl. The van der Waals surface area contributed by atoms with Crippen LogP contribution >= 0.6 is 35.3 Å². The van der Waals surface area contributed by atoms with Gasteiger partial charge < -0.3 is 10.6 Å². The van der Waals surface area contributed by atoms with Crippen molar-refractivity contribution >= 4 is 41.3 Å². The highest BCUT2D eigenvalue weighted by atomic mass is 35.5. The number of carbonyl (C=O) groups is 1. The van der Waals surface area contributed by atoms with Crippen molar-refractivity contribution in [1.29, 1.82) is 0 Å². The Morgan fingerprint density at radius 2 is 2.16 bits per heavy atom. The first-order chi connectivity index (χ1) is 11.6. The molecule has 0 aliphatic carbocycles. The highest BCUT2D eigenvalue weighted by molar-refractivity contribution is 7.12. The average Bonchev–Trinajstić information content (AvgIpc) is 3.21. The zero-order valence-electron chi connectivity index (χ0n) is 14.2. The summed E-state index contributed by atoms with van der Waals surface area (Å²) < 4.78 is 0. The maximum absolute atomic E-state index is 12.0. The number of nitrogens with one attached hydrogen (secondary N) is 2. The molecule has 25 heavy (non-hydrogen) atoms. The summed E-state index contributed by atoms with van der Waals surface area (Å²) in [6.45, 7) is 4.68. The van der Waals surface area contributed by atoms with Gasteiger partial charge in [-0.2, -0.15) is 0 Å². The number of carbonyl (C=O) groups excluding carboxylic acids is 1.